The average Bonchev–Trinajstić information content (AvgIpc) is 2.83. The standard InChI is InChI=1S/C19H25NO2S/c1-16(20-12-6-2-3-7-13-20)15-23(21,22)19-11-10-17-8-4-5-9-18(17)14-19/h4-5,8-11,14,16H,2-3,6-7,12-13,15H2,1H3. The summed E-state index contributed by atoms with van der Waals surface area (Å²) in [5.41, 5.74) is 0. The Balaban J connectivity index is 1.79. The number of hydrogen-bond acceptors (Lipinski definition) is 3. The van der Waals surface area contributed by atoms with Gasteiger partial charge in [-0.3, -0.25) is 4.90 Å². The zero-order chi connectivity index (χ0) is 16.3. The predicted molar refractivity (Wildman–Crippen MR) is 95.5 cm³/mol. The molecular formula is C19H25NO2S. The van der Waals surface area contributed by atoms with Gasteiger partial charge in [-0.15, -0.1) is 0 Å². The largest absolute Gasteiger partial charge is 0.300 e. The van der Waals surface area contributed by atoms with Crippen molar-refractivity contribution < 1.29 is 8.42 Å². The first-order chi connectivity index (χ1) is 11.1. The molecule has 4 heteroatoms. The zero-order valence-electron chi connectivity index (χ0n) is 13.7. The summed E-state index contributed by atoms with van der Waals surface area (Å²) >= 11 is 0. The molecule has 1 atom stereocenters. The zero-order valence-corrected chi connectivity index (χ0v) is 14.6. The van der Waals surface area contributed by atoms with Crippen LogP contribution in [0.25, 0.3) is 10.8 Å². The van der Waals surface area contributed by atoms with Crippen LogP contribution in [0.2, 0.25) is 0 Å². The lowest BCUT2D eigenvalue weighted by molar-refractivity contribution is 0.232. The predicted octanol–water partition coefficient (Wildman–Crippen LogP) is 3.88. The highest BCUT2D eigenvalue weighted by Gasteiger charge is 2.23. The van der Waals surface area contributed by atoms with Gasteiger partial charge in [0.1, 0.15) is 0 Å². The molecule has 1 aliphatic heterocycles. The van der Waals surface area contributed by atoms with Gasteiger partial charge in [-0.05, 0) is 55.8 Å². The number of likely N-dealkylation sites (tertiary alicyclic amines) is 1. The van der Waals surface area contributed by atoms with Crippen molar-refractivity contribution in [3.63, 3.8) is 0 Å². The van der Waals surface area contributed by atoms with Gasteiger partial charge in [-0.25, -0.2) is 8.42 Å². The third-order valence-electron chi connectivity index (χ3n) is 4.80. The molecule has 1 saturated heterocycles. The second-order valence-electron chi connectivity index (χ2n) is 6.59. The highest BCUT2D eigenvalue weighted by molar-refractivity contribution is 7.91. The highest BCUT2D eigenvalue weighted by atomic mass is 32.2. The molecule has 0 spiro atoms. The Bertz CT molecular complexity index is 762. The molecule has 0 radical (unpaired) electrons. The quantitative estimate of drug-likeness (QED) is 0.853. The number of fused-ring (bicyclic) bond motifs is 1. The van der Waals surface area contributed by atoms with E-state index in [1.54, 1.807) is 12.1 Å². The number of nitrogens with zero attached hydrogens (tertiary/aromatic N) is 1. The summed E-state index contributed by atoms with van der Waals surface area (Å²) in [4.78, 5) is 2.78. The van der Waals surface area contributed by atoms with Crippen molar-refractivity contribution in [2.45, 2.75) is 43.5 Å². The molecule has 0 aromatic heterocycles. The molecule has 1 fully saturated rings. The van der Waals surface area contributed by atoms with Gasteiger partial charge in [-0.1, -0.05) is 43.2 Å². The van der Waals surface area contributed by atoms with E-state index in [1.807, 2.05) is 37.3 Å². The Morgan fingerprint density at radius 1 is 0.957 bits per heavy atom. The summed E-state index contributed by atoms with van der Waals surface area (Å²) in [5.74, 6) is 0.200. The van der Waals surface area contributed by atoms with E-state index in [2.05, 4.69) is 4.90 Å². The number of hydrogen-bond donors (Lipinski definition) is 0. The Kier molecular flexibility index (Phi) is 5.02. The maximum Gasteiger partial charge on any atom is 0.179 e. The van der Waals surface area contributed by atoms with Crippen LogP contribution in [0.15, 0.2) is 47.4 Å². The normalized spacial score (nSPS) is 18.7. The first-order valence-electron chi connectivity index (χ1n) is 8.52. The average molecular weight is 331 g/mol. The molecule has 1 unspecified atom stereocenters. The van der Waals surface area contributed by atoms with Crippen molar-refractivity contribution in [1.29, 1.82) is 0 Å². The van der Waals surface area contributed by atoms with Crippen molar-refractivity contribution in [1.82, 2.24) is 4.90 Å². The molecule has 0 N–H and O–H groups in total. The molecule has 0 amide bonds. The molecule has 0 aliphatic carbocycles. The molecule has 1 heterocycles. The maximum atomic E-state index is 12.8. The first-order valence-corrected chi connectivity index (χ1v) is 10.2. The van der Waals surface area contributed by atoms with Crippen LogP contribution in [-0.2, 0) is 9.84 Å². The van der Waals surface area contributed by atoms with Crippen LogP contribution in [0.4, 0.5) is 0 Å². The molecule has 1 aliphatic rings. The lowest BCUT2D eigenvalue weighted by Crippen LogP contribution is -2.38. The fourth-order valence-electron chi connectivity index (χ4n) is 3.42. The van der Waals surface area contributed by atoms with E-state index < -0.39 is 9.84 Å². The van der Waals surface area contributed by atoms with Crippen LogP contribution in [0.5, 0.6) is 0 Å². The van der Waals surface area contributed by atoms with Crippen LogP contribution in [0.3, 0.4) is 0 Å². The van der Waals surface area contributed by atoms with E-state index >= 15 is 0 Å². The third-order valence-corrected chi connectivity index (χ3v) is 6.70. The molecule has 0 bridgehead atoms. The molecule has 0 saturated carbocycles. The molecule has 3 nitrogen and oxygen atoms in total. The second-order valence-corrected chi connectivity index (χ2v) is 8.62. The maximum absolute atomic E-state index is 12.8. The summed E-state index contributed by atoms with van der Waals surface area (Å²) < 4.78 is 25.6. The van der Waals surface area contributed by atoms with Gasteiger partial charge >= 0.3 is 0 Å². The van der Waals surface area contributed by atoms with Gasteiger partial charge in [0.2, 0.25) is 0 Å². The summed E-state index contributed by atoms with van der Waals surface area (Å²) in [6.07, 6.45) is 4.89. The summed E-state index contributed by atoms with van der Waals surface area (Å²) in [7, 11) is -3.25. The Hall–Kier alpha value is -1.39. The van der Waals surface area contributed by atoms with Gasteiger partial charge < -0.3 is 0 Å². The lowest BCUT2D eigenvalue weighted by Gasteiger charge is -2.27. The molecule has 23 heavy (non-hydrogen) atoms. The van der Waals surface area contributed by atoms with Gasteiger partial charge in [0, 0.05) is 6.04 Å². The van der Waals surface area contributed by atoms with E-state index in [-0.39, 0.29) is 11.8 Å². The van der Waals surface area contributed by atoms with Crippen LogP contribution >= 0.6 is 0 Å². The third kappa shape index (κ3) is 3.93. The lowest BCUT2D eigenvalue weighted by atomic mass is 10.1. The molecular weight excluding hydrogens is 306 g/mol. The van der Waals surface area contributed by atoms with Crippen LogP contribution in [0, 0.1) is 0 Å². The molecule has 2 aromatic carbocycles. The van der Waals surface area contributed by atoms with Gasteiger partial charge in [-0.2, -0.15) is 0 Å². The summed E-state index contributed by atoms with van der Waals surface area (Å²) in [6.45, 7) is 4.09. The number of sulfone groups is 1. The minimum Gasteiger partial charge on any atom is -0.300 e. The first kappa shape index (κ1) is 16.5. The summed E-state index contributed by atoms with van der Waals surface area (Å²) in [6, 6.07) is 13.4. The van der Waals surface area contributed by atoms with E-state index in [0.29, 0.717) is 4.90 Å². The second kappa shape index (κ2) is 7.02. The van der Waals surface area contributed by atoms with Gasteiger partial charge in [0.15, 0.2) is 9.84 Å². The summed E-state index contributed by atoms with van der Waals surface area (Å²) in [5, 5.41) is 2.06. The van der Waals surface area contributed by atoms with Gasteiger partial charge in [0.25, 0.3) is 0 Å². The van der Waals surface area contributed by atoms with Crippen LogP contribution in [0.1, 0.15) is 32.6 Å². The van der Waals surface area contributed by atoms with Crippen LogP contribution < -0.4 is 0 Å². The number of benzene rings is 2. The minimum absolute atomic E-state index is 0.0737. The monoisotopic (exact) mass is 331 g/mol. The van der Waals surface area contributed by atoms with E-state index in [4.69, 9.17) is 0 Å². The number of rotatable bonds is 4. The van der Waals surface area contributed by atoms with Crippen molar-refractivity contribution in [2.24, 2.45) is 0 Å². The Labute approximate surface area is 139 Å². The van der Waals surface area contributed by atoms with Crippen LogP contribution in [-0.4, -0.2) is 38.2 Å². The van der Waals surface area contributed by atoms with Crippen molar-refractivity contribution >= 4 is 20.6 Å². The molecule has 3 rings (SSSR count). The smallest absolute Gasteiger partial charge is 0.179 e. The van der Waals surface area contributed by atoms with E-state index in [9.17, 15) is 8.42 Å². The topological polar surface area (TPSA) is 37.4 Å². The van der Waals surface area contributed by atoms with E-state index in [1.165, 1.54) is 25.7 Å². The molecule has 2 aromatic rings. The molecule has 124 valence electrons. The Morgan fingerprint density at radius 3 is 2.30 bits per heavy atom. The Morgan fingerprint density at radius 2 is 1.61 bits per heavy atom. The minimum atomic E-state index is -3.25. The SMILES string of the molecule is CC(CS(=O)(=O)c1ccc2ccccc2c1)N1CCCCCC1. The highest BCUT2D eigenvalue weighted by Crippen LogP contribution is 2.22. The van der Waals surface area contributed by atoms with E-state index in [0.717, 1.165) is 23.9 Å². The van der Waals surface area contributed by atoms with Crippen molar-refractivity contribution in [2.75, 3.05) is 18.8 Å². The fourth-order valence-corrected chi connectivity index (χ4v) is 5.04. The van der Waals surface area contributed by atoms with Crippen molar-refractivity contribution in [3.05, 3.63) is 42.5 Å². The van der Waals surface area contributed by atoms with Gasteiger partial charge in [0.05, 0.1) is 10.6 Å². The van der Waals surface area contributed by atoms with Crippen molar-refractivity contribution in [3.8, 4) is 0 Å². The fraction of sp³-hybridized carbons (Fsp3) is 0.474.